The molecular formula is C11H15N3O2S. The molecule has 2 aromatic rings. The lowest BCUT2D eigenvalue weighted by Crippen LogP contribution is -2.30. The van der Waals surface area contributed by atoms with Gasteiger partial charge in [-0.1, -0.05) is 0 Å². The SMILES string of the molecule is Cc1csc2c(N(CCO)CCO)ncnc12. The highest BCUT2D eigenvalue weighted by Crippen LogP contribution is 2.30. The van der Waals surface area contributed by atoms with Gasteiger partial charge in [-0.15, -0.1) is 11.3 Å². The van der Waals surface area contributed by atoms with Crippen LogP contribution >= 0.6 is 11.3 Å². The number of nitrogens with zero attached hydrogens (tertiary/aromatic N) is 3. The summed E-state index contributed by atoms with van der Waals surface area (Å²) in [5.74, 6) is 0.788. The molecule has 0 saturated carbocycles. The maximum Gasteiger partial charge on any atom is 0.150 e. The topological polar surface area (TPSA) is 69.5 Å². The van der Waals surface area contributed by atoms with Gasteiger partial charge in [0.05, 0.1) is 23.4 Å². The molecule has 0 fully saturated rings. The molecule has 0 radical (unpaired) electrons. The summed E-state index contributed by atoms with van der Waals surface area (Å²) in [6.07, 6.45) is 1.53. The van der Waals surface area contributed by atoms with Crippen molar-refractivity contribution >= 4 is 27.4 Å². The smallest absolute Gasteiger partial charge is 0.150 e. The summed E-state index contributed by atoms with van der Waals surface area (Å²) in [4.78, 5) is 10.4. The second-order valence-corrected chi connectivity index (χ2v) is 4.61. The van der Waals surface area contributed by atoms with Crippen molar-refractivity contribution in [3.05, 3.63) is 17.3 Å². The van der Waals surface area contributed by atoms with Gasteiger partial charge in [0.2, 0.25) is 0 Å². The predicted octanol–water partition coefficient (Wildman–Crippen LogP) is 0.791. The van der Waals surface area contributed by atoms with Gasteiger partial charge in [0, 0.05) is 13.1 Å². The van der Waals surface area contributed by atoms with Gasteiger partial charge < -0.3 is 15.1 Å². The number of anilines is 1. The molecule has 2 heterocycles. The van der Waals surface area contributed by atoms with Crippen LogP contribution in [0.3, 0.4) is 0 Å². The van der Waals surface area contributed by atoms with Crippen LogP contribution < -0.4 is 4.90 Å². The van der Waals surface area contributed by atoms with Crippen molar-refractivity contribution in [1.82, 2.24) is 9.97 Å². The molecule has 0 spiro atoms. The van der Waals surface area contributed by atoms with E-state index in [0.717, 1.165) is 21.6 Å². The molecule has 0 unspecified atom stereocenters. The van der Waals surface area contributed by atoms with E-state index >= 15 is 0 Å². The molecule has 0 atom stereocenters. The van der Waals surface area contributed by atoms with Gasteiger partial charge in [-0.2, -0.15) is 0 Å². The summed E-state index contributed by atoms with van der Waals surface area (Å²) in [6.45, 7) is 3.01. The van der Waals surface area contributed by atoms with Gasteiger partial charge in [0.1, 0.15) is 12.1 Å². The standard InChI is InChI=1S/C11H15N3O2S/c1-8-6-17-10-9(8)12-7-13-11(10)14(2-4-15)3-5-16/h6-7,15-16H,2-5H2,1H3. The van der Waals surface area contributed by atoms with Crippen molar-refractivity contribution in [1.29, 1.82) is 0 Å². The van der Waals surface area contributed by atoms with Crippen LogP contribution in [0.25, 0.3) is 10.2 Å². The first-order valence-corrected chi connectivity index (χ1v) is 6.31. The highest BCUT2D eigenvalue weighted by atomic mass is 32.1. The van der Waals surface area contributed by atoms with E-state index in [1.165, 1.54) is 6.33 Å². The Hall–Kier alpha value is -1.24. The molecule has 0 aliphatic carbocycles. The van der Waals surface area contributed by atoms with Crippen LogP contribution in [0.1, 0.15) is 5.56 Å². The molecule has 2 aromatic heterocycles. The Morgan fingerprint density at radius 3 is 2.59 bits per heavy atom. The predicted molar refractivity (Wildman–Crippen MR) is 68.5 cm³/mol. The average Bonchev–Trinajstić information content (AvgIpc) is 2.71. The van der Waals surface area contributed by atoms with Crippen molar-refractivity contribution < 1.29 is 10.2 Å². The van der Waals surface area contributed by atoms with Crippen molar-refractivity contribution in [2.45, 2.75) is 6.92 Å². The van der Waals surface area contributed by atoms with Crippen LogP contribution in [-0.2, 0) is 0 Å². The number of aliphatic hydroxyl groups is 2. The van der Waals surface area contributed by atoms with Crippen LogP contribution in [-0.4, -0.2) is 46.5 Å². The van der Waals surface area contributed by atoms with Gasteiger partial charge in [0.15, 0.2) is 0 Å². The van der Waals surface area contributed by atoms with E-state index in [4.69, 9.17) is 10.2 Å². The lowest BCUT2D eigenvalue weighted by Gasteiger charge is -2.21. The molecule has 92 valence electrons. The van der Waals surface area contributed by atoms with Crippen LogP contribution in [0, 0.1) is 6.92 Å². The number of aryl methyl sites for hydroxylation is 1. The second kappa shape index (κ2) is 5.39. The van der Waals surface area contributed by atoms with E-state index in [1.54, 1.807) is 11.3 Å². The zero-order valence-corrected chi connectivity index (χ0v) is 10.4. The van der Waals surface area contributed by atoms with E-state index in [2.05, 4.69) is 9.97 Å². The molecular weight excluding hydrogens is 238 g/mol. The quantitative estimate of drug-likeness (QED) is 0.824. The Morgan fingerprint density at radius 1 is 1.24 bits per heavy atom. The normalized spacial score (nSPS) is 11.0. The van der Waals surface area contributed by atoms with Gasteiger partial charge in [-0.3, -0.25) is 0 Å². The van der Waals surface area contributed by atoms with Crippen LogP contribution in [0.2, 0.25) is 0 Å². The molecule has 17 heavy (non-hydrogen) atoms. The molecule has 0 aliphatic rings. The van der Waals surface area contributed by atoms with Crippen molar-refractivity contribution in [2.24, 2.45) is 0 Å². The minimum Gasteiger partial charge on any atom is -0.395 e. The molecule has 0 bridgehead atoms. The third-order valence-electron chi connectivity index (χ3n) is 2.55. The maximum absolute atomic E-state index is 9.04. The Balaban J connectivity index is 2.44. The Bertz CT molecular complexity index is 494. The lowest BCUT2D eigenvalue weighted by molar-refractivity contribution is 0.281. The zero-order chi connectivity index (χ0) is 12.3. The third kappa shape index (κ3) is 2.38. The molecule has 0 aliphatic heterocycles. The molecule has 0 saturated heterocycles. The summed E-state index contributed by atoms with van der Waals surface area (Å²) in [5, 5.41) is 20.1. The summed E-state index contributed by atoms with van der Waals surface area (Å²) in [6, 6.07) is 0. The molecule has 2 rings (SSSR count). The highest BCUT2D eigenvalue weighted by Gasteiger charge is 2.13. The van der Waals surface area contributed by atoms with E-state index in [1.807, 2.05) is 17.2 Å². The van der Waals surface area contributed by atoms with E-state index in [-0.39, 0.29) is 13.2 Å². The molecule has 5 nitrogen and oxygen atoms in total. The third-order valence-corrected chi connectivity index (χ3v) is 3.63. The first-order valence-electron chi connectivity index (χ1n) is 5.43. The lowest BCUT2D eigenvalue weighted by atomic mass is 10.3. The van der Waals surface area contributed by atoms with Gasteiger partial charge in [0.25, 0.3) is 0 Å². The Labute approximate surface area is 103 Å². The second-order valence-electron chi connectivity index (χ2n) is 3.73. The zero-order valence-electron chi connectivity index (χ0n) is 9.63. The fourth-order valence-electron chi connectivity index (χ4n) is 1.75. The minimum absolute atomic E-state index is 0.0376. The number of rotatable bonds is 5. The number of thiophene rings is 1. The van der Waals surface area contributed by atoms with E-state index in [0.29, 0.717) is 13.1 Å². The van der Waals surface area contributed by atoms with Gasteiger partial charge in [-0.25, -0.2) is 9.97 Å². The Morgan fingerprint density at radius 2 is 1.94 bits per heavy atom. The van der Waals surface area contributed by atoms with Crippen LogP contribution in [0.15, 0.2) is 11.7 Å². The maximum atomic E-state index is 9.04. The summed E-state index contributed by atoms with van der Waals surface area (Å²) >= 11 is 1.59. The average molecular weight is 253 g/mol. The van der Waals surface area contributed by atoms with Gasteiger partial charge >= 0.3 is 0 Å². The molecule has 0 aromatic carbocycles. The van der Waals surface area contributed by atoms with Crippen molar-refractivity contribution in [3.63, 3.8) is 0 Å². The largest absolute Gasteiger partial charge is 0.395 e. The molecule has 0 amide bonds. The summed E-state index contributed by atoms with van der Waals surface area (Å²) in [7, 11) is 0. The van der Waals surface area contributed by atoms with E-state index < -0.39 is 0 Å². The first-order chi connectivity index (χ1) is 8.27. The Kier molecular flexibility index (Phi) is 3.88. The number of aromatic nitrogens is 2. The highest BCUT2D eigenvalue weighted by molar-refractivity contribution is 7.18. The summed E-state index contributed by atoms with van der Waals surface area (Å²) in [5.41, 5.74) is 2.07. The number of fused-ring (bicyclic) bond motifs is 1. The fourth-order valence-corrected chi connectivity index (χ4v) is 2.77. The van der Waals surface area contributed by atoms with E-state index in [9.17, 15) is 0 Å². The van der Waals surface area contributed by atoms with Crippen molar-refractivity contribution in [2.75, 3.05) is 31.2 Å². The first kappa shape index (κ1) is 12.2. The minimum atomic E-state index is 0.0376. The summed E-state index contributed by atoms with van der Waals surface area (Å²) < 4.78 is 1.01. The monoisotopic (exact) mass is 253 g/mol. The number of hydrogen-bond donors (Lipinski definition) is 2. The van der Waals surface area contributed by atoms with Crippen LogP contribution in [0.5, 0.6) is 0 Å². The number of hydrogen-bond acceptors (Lipinski definition) is 6. The fraction of sp³-hybridized carbons (Fsp3) is 0.455. The van der Waals surface area contributed by atoms with Crippen molar-refractivity contribution in [3.8, 4) is 0 Å². The van der Waals surface area contributed by atoms with Crippen LogP contribution in [0.4, 0.5) is 5.82 Å². The molecule has 6 heteroatoms. The van der Waals surface area contributed by atoms with Gasteiger partial charge in [-0.05, 0) is 17.9 Å². The number of aliphatic hydroxyl groups excluding tert-OH is 2. The molecule has 2 N–H and O–H groups in total.